The van der Waals surface area contributed by atoms with Gasteiger partial charge in [-0.05, 0) is 29.8 Å². The van der Waals surface area contributed by atoms with Crippen molar-refractivity contribution in [1.29, 1.82) is 0 Å². The lowest BCUT2D eigenvalue weighted by molar-refractivity contribution is -0.388. The van der Waals surface area contributed by atoms with Gasteiger partial charge in [-0.3, -0.25) is 10.1 Å². The molecule has 0 fully saturated rings. The smallest absolute Gasteiger partial charge is 0.301 e. The largest absolute Gasteiger partial charge is 0.342 e. The number of rotatable bonds is 5. The Balaban J connectivity index is 1.76. The van der Waals surface area contributed by atoms with E-state index in [-0.39, 0.29) is 17.3 Å². The van der Waals surface area contributed by atoms with E-state index in [1.54, 1.807) is 0 Å². The number of hydrogen-bond acceptors (Lipinski definition) is 4. The molecule has 0 atom stereocenters. The first-order chi connectivity index (χ1) is 13.5. The highest BCUT2D eigenvalue weighted by Gasteiger charge is 2.18. The first kappa shape index (κ1) is 18.1. The molecule has 0 aliphatic rings. The summed E-state index contributed by atoms with van der Waals surface area (Å²) < 4.78 is 28.9. The highest BCUT2D eigenvalue weighted by Crippen LogP contribution is 2.38. The van der Waals surface area contributed by atoms with Crippen LogP contribution >= 0.6 is 11.8 Å². The molecule has 5 nitrogen and oxygen atoms in total. The van der Waals surface area contributed by atoms with Crippen LogP contribution in [0.2, 0.25) is 0 Å². The summed E-state index contributed by atoms with van der Waals surface area (Å²) in [5.41, 5.74) is 1.27. The third-order valence-corrected chi connectivity index (χ3v) is 5.23. The Morgan fingerprint density at radius 2 is 1.82 bits per heavy atom. The number of benzene rings is 2. The lowest BCUT2D eigenvalue weighted by Crippen LogP contribution is -1.99. The Labute approximate surface area is 162 Å². The van der Waals surface area contributed by atoms with Gasteiger partial charge >= 0.3 is 5.69 Å². The van der Waals surface area contributed by atoms with Gasteiger partial charge in [0.15, 0.2) is 5.03 Å². The van der Waals surface area contributed by atoms with Crippen LogP contribution in [-0.2, 0) is 6.54 Å². The number of halogens is 2. The number of fused-ring (bicyclic) bond motifs is 1. The van der Waals surface area contributed by atoms with Crippen LogP contribution in [0, 0.1) is 21.7 Å². The molecule has 0 aliphatic heterocycles. The molecule has 8 heteroatoms. The fourth-order valence-corrected chi connectivity index (χ4v) is 4.06. The number of aromatic nitrogens is 2. The molecule has 2 aromatic heterocycles. The van der Waals surface area contributed by atoms with E-state index in [4.69, 9.17) is 0 Å². The van der Waals surface area contributed by atoms with Crippen molar-refractivity contribution in [2.75, 3.05) is 0 Å². The highest BCUT2D eigenvalue weighted by molar-refractivity contribution is 7.99. The topological polar surface area (TPSA) is 61.0 Å². The van der Waals surface area contributed by atoms with Crippen molar-refractivity contribution in [3.63, 3.8) is 0 Å². The number of pyridine rings is 1. The summed E-state index contributed by atoms with van der Waals surface area (Å²) in [5, 5.41) is 12.4. The molecule has 4 aromatic rings. The fraction of sp³-hybridized carbons (Fsp3) is 0.0500. The third-order valence-electron chi connectivity index (χ3n) is 4.18. The van der Waals surface area contributed by atoms with Crippen LogP contribution in [0.5, 0.6) is 0 Å². The van der Waals surface area contributed by atoms with Crippen molar-refractivity contribution in [2.24, 2.45) is 0 Å². The molecule has 0 aliphatic carbocycles. The second-order valence-corrected chi connectivity index (χ2v) is 7.13. The average molecular weight is 397 g/mol. The van der Waals surface area contributed by atoms with E-state index >= 15 is 0 Å². The Hall–Kier alpha value is -3.26. The Morgan fingerprint density at radius 3 is 2.57 bits per heavy atom. The van der Waals surface area contributed by atoms with Gasteiger partial charge in [0.1, 0.15) is 11.6 Å². The van der Waals surface area contributed by atoms with Gasteiger partial charge in [-0.15, -0.1) is 0 Å². The molecular formula is C20H13F2N3O2S. The molecule has 0 spiro atoms. The second kappa shape index (κ2) is 7.40. The molecule has 0 amide bonds. The van der Waals surface area contributed by atoms with Gasteiger partial charge in [-0.1, -0.05) is 30.0 Å². The molecule has 4 rings (SSSR count). The molecule has 0 bridgehead atoms. The Bertz CT molecular complexity index is 1170. The van der Waals surface area contributed by atoms with E-state index in [0.717, 1.165) is 21.9 Å². The van der Waals surface area contributed by atoms with Crippen molar-refractivity contribution in [3.05, 3.63) is 94.3 Å². The van der Waals surface area contributed by atoms with Gasteiger partial charge in [0.25, 0.3) is 0 Å². The standard InChI is InChI=1S/C20H13F2N3O2S/c21-14-8-13(9-15(22)10-14)11-24-12-19(16-4-1-2-5-17(16)24)28-20-18(25(26)27)6-3-7-23-20/h1-10,12H,11H2. The molecule has 0 saturated heterocycles. The summed E-state index contributed by atoms with van der Waals surface area (Å²) >= 11 is 1.19. The number of nitro groups is 1. The molecule has 0 radical (unpaired) electrons. The minimum Gasteiger partial charge on any atom is -0.342 e. The molecule has 2 heterocycles. The maximum Gasteiger partial charge on any atom is 0.301 e. The van der Waals surface area contributed by atoms with Crippen LogP contribution in [0.4, 0.5) is 14.5 Å². The van der Waals surface area contributed by atoms with Crippen LogP contribution in [0.25, 0.3) is 10.9 Å². The zero-order chi connectivity index (χ0) is 19.7. The summed E-state index contributed by atoms with van der Waals surface area (Å²) in [6, 6.07) is 13.8. The normalized spacial score (nSPS) is 11.1. The predicted octanol–water partition coefficient (Wildman–Crippen LogP) is 5.42. The van der Waals surface area contributed by atoms with Crippen molar-refractivity contribution in [1.82, 2.24) is 9.55 Å². The quantitative estimate of drug-likeness (QED) is 0.333. The molecule has 28 heavy (non-hydrogen) atoms. The van der Waals surface area contributed by atoms with Crippen molar-refractivity contribution < 1.29 is 13.7 Å². The lowest BCUT2D eigenvalue weighted by atomic mass is 10.2. The number of para-hydroxylation sites is 1. The van der Waals surface area contributed by atoms with Crippen LogP contribution < -0.4 is 0 Å². The van der Waals surface area contributed by atoms with Gasteiger partial charge < -0.3 is 4.57 Å². The summed E-state index contributed by atoms with van der Waals surface area (Å²) in [7, 11) is 0. The maximum atomic E-state index is 13.5. The van der Waals surface area contributed by atoms with E-state index in [2.05, 4.69) is 4.98 Å². The lowest BCUT2D eigenvalue weighted by Gasteiger charge is -2.06. The molecule has 0 unspecified atom stereocenters. The van der Waals surface area contributed by atoms with E-state index < -0.39 is 16.6 Å². The first-order valence-electron chi connectivity index (χ1n) is 8.31. The fourth-order valence-electron chi connectivity index (χ4n) is 3.03. The van der Waals surface area contributed by atoms with Crippen molar-refractivity contribution >= 4 is 28.4 Å². The zero-order valence-electron chi connectivity index (χ0n) is 14.4. The molecule has 2 aromatic carbocycles. The third kappa shape index (κ3) is 3.59. The van der Waals surface area contributed by atoms with Crippen LogP contribution in [0.1, 0.15) is 5.56 Å². The minimum atomic E-state index is -0.634. The zero-order valence-corrected chi connectivity index (χ0v) is 15.2. The predicted molar refractivity (Wildman–Crippen MR) is 102 cm³/mol. The van der Waals surface area contributed by atoms with Crippen molar-refractivity contribution in [3.8, 4) is 0 Å². The molecular weight excluding hydrogens is 384 g/mol. The molecule has 0 N–H and O–H groups in total. The molecule has 0 saturated carbocycles. The SMILES string of the molecule is O=[N+]([O-])c1cccnc1Sc1cn(Cc2cc(F)cc(F)c2)c2ccccc12. The number of hydrogen-bond donors (Lipinski definition) is 0. The highest BCUT2D eigenvalue weighted by atomic mass is 32.2. The summed E-state index contributed by atoms with van der Waals surface area (Å²) in [6.45, 7) is 0.264. The van der Waals surface area contributed by atoms with Gasteiger partial charge in [-0.25, -0.2) is 13.8 Å². The monoisotopic (exact) mass is 397 g/mol. The van der Waals surface area contributed by atoms with Gasteiger partial charge in [0, 0.05) is 46.9 Å². The van der Waals surface area contributed by atoms with Crippen molar-refractivity contribution in [2.45, 2.75) is 16.5 Å². The van der Waals surface area contributed by atoms with Crippen LogP contribution in [0.3, 0.4) is 0 Å². The van der Waals surface area contributed by atoms with E-state index in [1.165, 1.54) is 42.2 Å². The second-order valence-electron chi connectivity index (χ2n) is 6.10. The van der Waals surface area contributed by atoms with E-state index in [9.17, 15) is 18.9 Å². The Morgan fingerprint density at radius 1 is 1.07 bits per heavy atom. The Kier molecular flexibility index (Phi) is 4.79. The summed E-state index contributed by atoms with van der Waals surface area (Å²) in [5.74, 6) is -1.27. The van der Waals surface area contributed by atoms with E-state index in [0.29, 0.717) is 5.56 Å². The van der Waals surface area contributed by atoms with Gasteiger partial charge in [0.2, 0.25) is 0 Å². The van der Waals surface area contributed by atoms with Crippen LogP contribution in [-0.4, -0.2) is 14.5 Å². The van der Waals surface area contributed by atoms with Gasteiger partial charge in [0.05, 0.1) is 4.92 Å². The maximum absolute atomic E-state index is 13.5. The van der Waals surface area contributed by atoms with Crippen LogP contribution in [0.15, 0.2) is 76.9 Å². The van der Waals surface area contributed by atoms with Gasteiger partial charge in [-0.2, -0.15) is 0 Å². The summed E-state index contributed by atoms with van der Waals surface area (Å²) in [4.78, 5) is 15.7. The minimum absolute atomic E-state index is 0.0727. The van der Waals surface area contributed by atoms with E-state index in [1.807, 2.05) is 35.0 Å². The summed E-state index contributed by atoms with van der Waals surface area (Å²) in [6.07, 6.45) is 3.32. The number of nitrogens with zero attached hydrogens (tertiary/aromatic N) is 3. The molecule has 140 valence electrons. The first-order valence-corrected chi connectivity index (χ1v) is 9.13. The average Bonchev–Trinajstić information content (AvgIpc) is 2.99.